The van der Waals surface area contributed by atoms with Crippen LogP contribution in [0.25, 0.3) is 11.6 Å². The summed E-state index contributed by atoms with van der Waals surface area (Å²) in [6.45, 7) is 1.13. The Morgan fingerprint density at radius 1 is 1.21 bits per heavy atom. The van der Waals surface area contributed by atoms with Crippen LogP contribution < -0.4 is 15.0 Å². The van der Waals surface area contributed by atoms with Crippen molar-refractivity contribution in [2.24, 2.45) is 0 Å². The molecule has 176 valence electrons. The first kappa shape index (κ1) is 23.3. The van der Waals surface area contributed by atoms with Crippen molar-refractivity contribution in [2.45, 2.75) is 18.1 Å². The van der Waals surface area contributed by atoms with Gasteiger partial charge in [-0.05, 0) is 37.4 Å². The van der Waals surface area contributed by atoms with E-state index in [0.29, 0.717) is 33.7 Å². The second kappa shape index (κ2) is 9.96. The molecule has 34 heavy (non-hydrogen) atoms. The number of nitrogens with zero attached hydrogens (tertiary/aromatic N) is 3. The van der Waals surface area contributed by atoms with Gasteiger partial charge >= 0.3 is 5.97 Å². The predicted octanol–water partition coefficient (Wildman–Crippen LogP) is 2.46. The van der Waals surface area contributed by atoms with Crippen LogP contribution in [0.4, 0.5) is 5.69 Å². The van der Waals surface area contributed by atoms with E-state index in [1.54, 1.807) is 49.6 Å². The van der Waals surface area contributed by atoms with Gasteiger partial charge in [0.05, 0.1) is 24.2 Å². The van der Waals surface area contributed by atoms with Crippen LogP contribution in [0.3, 0.4) is 0 Å². The highest BCUT2D eigenvalue weighted by Crippen LogP contribution is 2.33. The number of carbonyl (C=O) groups excluding carboxylic acids is 3. The van der Waals surface area contributed by atoms with Crippen LogP contribution >= 0.6 is 11.8 Å². The Bertz CT molecular complexity index is 1230. The molecule has 1 N–H and O–H groups in total. The molecule has 1 atom stereocenters. The lowest BCUT2D eigenvalue weighted by atomic mass is 10.1. The van der Waals surface area contributed by atoms with E-state index in [0.717, 1.165) is 0 Å². The van der Waals surface area contributed by atoms with Crippen molar-refractivity contribution in [3.63, 3.8) is 0 Å². The minimum atomic E-state index is -0.882. The molecule has 10 nitrogen and oxygen atoms in total. The lowest BCUT2D eigenvalue weighted by molar-refractivity contribution is -0.128. The number of esters is 1. The number of thioether (sulfide) groups is 1. The minimum absolute atomic E-state index is 0.0108. The second-order valence-electron chi connectivity index (χ2n) is 7.26. The standard InChI is InChI=1S/C23H22N4O6S/c1-13-19(22(34-3)26-20(25-13)16-9-6-10-31-16)23(30)32-12-18(28)27-11-17(21(29)24-2)33-15-8-5-4-7-14(15)27/h4-10,17H,11-12H2,1-3H3,(H,24,29). The molecule has 0 spiro atoms. The molecule has 2 amide bonds. The topological polar surface area (TPSA) is 124 Å². The first-order valence-electron chi connectivity index (χ1n) is 10.3. The van der Waals surface area contributed by atoms with Gasteiger partial charge in [-0.15, -0.1) is 11.8 Å². The summed E-state index contributed by atoms with van der Waals surface area (Å²) < 4.78 is 16.4. The minimum Gasteiger partial charge on any atom is -0.477 e. The number of aryl methyl sites for hydroxylation is 1. The van der Waals surface area contributed by atoms with E-state index in [1.807, 2.05) is 0 Å². The van der Waals surface area contributed by atoms with Crippen LogP contribution in [0, 0.1) is 6.92 Å². The molecule has 0 bridgehead atoms. The Kier molecular flexibility index (Phi) is 6.82. The van der Waals surface area contributed by atoms with Gasteiger partial charge in [-0.3, -0.25) is 9.59 Å². The Balaban J connectivity index is 1.52. The Morgan fingerprint density at radius 3 is 2.71 bits per heavy atom. The number of amides is 2. The third kappa shape index (κ3) is 4.60. The van der Waals surface area contributed by atoms with E-state index in [4.69, 9.17) is 13.9 Å². The zero-order chi connectivity index (χ0) is 24.2. The normalized spacial score (nSPS) is 14.7. The molecule has 11 heteroatoms. The highest BCUT2D eigenvalue weighted by Gasteiger charge is 2.34. The van der Waals surface area contributed by atoms with Gasteiger partial charge in [0.1, 0.15) is 16.3 Å². The molecule has 1 aliphatic heterocycles. The van der Waals surface area contributed by atoms with Gasteiger partial charge < -0.3 is 24.1 Å². The highest BCUT2D eigenvalue weighted by molar-refractivity contribution is 7.98. The van der Waals surface area contributed by atoms with Crippen LogP contribution in [0.5, 0.6) is 5.75 Å². The maximum absolute atomic E-state index is 13.0. The molecule has 0 saturated carbocycles. The van der Waals surface area contributed by atoms with Gasteiger partial charge in [0.25, 0.3) is 11.8 Å². The summed E-state index contributed by atoms with van der Waals surface area (Å²) in [5.41, 5.74) is 1.08. The first-order chi connectivity index (χ1) is 16.4. The summed E-state index contributed by atoms with van der Waals surface area (Å²) in [5, 5.41) is 2.93. The van der Waals surface area contributed by atoms with E-state index >= 15 is 0 Å². The monoisotopic (exact) mass is 482 g/mol. The number of anilines is 1. The summed E-state index contributed by atoms with van der Waals surface area (Å²) in [5.74, 6) is -0.349. The fourth-order valence-corrected chi connectivity index (χ4v) is 4.10. The molecule has 2 aromatic heterocycles. The highest BCUT2D eigenvalue weighted by atomic mass is 32.2. The average Bonchev–Trinajstić information content (AvgIpc) is 3.40. The van der Waals surface area contributed by atoms with Crippen LogP contribution in [0.2, 0.25) is 0 Å². The van der Waals surface area contributed by atoms with Crippen molar-refractivity contribution in [1.29, 1.82) is 0 Å². The largest absolute Gasteiger partial charge is 0.477 e. The van der Waals surface area contributed by atoms with Crippen LogP contribution in [-0.2, 0) is 14.3 Å². The summed E-state index contributed by atoms with van der Waals surface area (Å²) in [6.07, 6.45) is 2.41. The van der Waals surface area contributed by atoms with Gasteiger partial charge in [-0.1, -0.05) is 12.1 Å². The van der Waals surface area contributed by atoms with Crippen molar-refractivity contribution in [3.05, 3.63) is 53.9 Å². The zero-order valence-electron chi connectivity index (χ0n) is 18.7. The van der Waals surface area contributed by atoms with E-state index < -0.39 is 24.6 Å². The first-order valence-corrected chi connectivity index (χ1v) is 11.6. The van der Waals surface area contributed by atoms with Gasteiger partial charge in [0, 0.05) is 7.05 Å². The molecule has 3 aromatic rings. The number of para-hydroxylation sites is 2. The van der Waals surface area contributed by atoms with Crippen LogP contribution in [0.1, 0.15) is 16.1 Å². The summed E-state index contributed by atoms with van der Waals surface area (Å²) in [4.78, 5) is 48.2. The van der Waals surface area contributed by atoms with Gasteiger partial charge in [0.2, 0.25) is 0 Å². The molecule has 0 radical (unpaired) electrons. The molecule has 3 heterocycles. The van der Waals surface area contributed by atoms with E-state index in [1.165, 1.54) is 30.0 Å². The maximum Gasteiger partial charge on any atom is 0.343 e. The number of benzene rings is 1. The molecule has 1 aliphatic rings. The van der Waals surface area contributed by atoms with Crippen molar-refractivity contribution < 1.29 is 28.3 Å². The van der Waals surface area contributed by atoms with Crippen molar-refractivity contribution in [1.82, 2.24) is 15.3 Å². The number of fused-ring (bicyclic) bond motifs is 1. The fourth-order valence-electron chi connectivity index (χ4n) is 3.49. The number of furan rings is 1. The molecule has 0 saturated heterocycles. The molecule has 0 fully saturated rings. The van der Waals surface area contributed by atoms with Gasteiger partial charge in [0.15, 0.2) is 24.3 Å². The summed E-state index contributed by atoms with van der Waals surface area (Å²) in [6, 6.07) is 10.3. The Morgan fingerprint density at radius 2 is 2.00 bits per heavy atom. The van der Waals surface area contributed by atoms with Crippen molar-refractivity contribution >= 4 is 35.2 Å². The third-order valence-corrected chi connectivity index (χ3v) is 5.82. The van der Waals surface area contributed by atoms with E-state index in [9.17, 15) is 14.4 Å². The zero-order valence-corrected chi connectivity index (χ0v) is 19.5. The lowest BCUT2D eigenvalue weighted by Gasteiger charge is -2.33. The van der Waals surface area contributed by atoms with Gasteiger partial charge in [-0.25, -0.2) is 14.8 Å². The second-order valence-corrected chi connectivity index (χ2v) is 8.06. The fraction of sp³-hybridized carbons (Fsp3) is 0.261. The number of likely N-dealkylation sites (N-methyl/N-ethyl adjacent to an activating group) is 1. The van der Waals surface area contributed by atoms with Crippen molar-refractivity contribution in [2.75, 3.05) is 31.4 Å². The molecule has 1 unspecified atom stereocenters. The number of hydrogen-bond donors (Lipinski definition) is 1. The molecular formula is C23H22N4O6S. The third-order valence-electron chi connectivity index (χ3n) is 5.14. The van der Waals surface area contributed by atoms with Crippen LogP contribution in [0.15, 0.2) is 52.1 Å². The number of nitrogens with one attached hydrogen (secondary N) is 1. The van der Waals surface area contributed by atoms with E-state index in [2.05, 4.69) is 15.3 Å². The SMILES string of the molecule is CNC(=O)C1CN(C(=O)COC(=O)c2c(C)nc(-c3ccco3)nc2SC)c2ccccc2O1. The molecular weight excluding hydrogens is 460 g/mol. The summed E-state index contributed by atoms with van der Waals surface area (Å²) >= 11 is 1.26. The number of rotatable bonds is 6. The number of carbonyl (C=O) groups is 3. The Hall–Kier alpha value is -3.86. The maximum atomic E-state index is 13.0. The number of aromatic nitrogens is 2. The molecule has 4 rings (SSSR count). The lowest BCUT2D eigenvalue weighted by Crippen LogP contribution is -2.51. The smallest absolute Gasteiger partial charge is 0.343 e. The van der Waals surface area contributed by atoms with E-state index in [-0.39, 0.29) is 18.0 Å². The van der Waals surface area contributed by atoms with Crippen LogP contribution in [-0.4, -0.2) is 60.3 Å². The average molecular weight is 483 g/mol. The quantitative estimate of drug-likeness (QED) is 0.320. The predicted molar refractivity (Wildman–Crippen MR) is 124 cm³/mol. The number of ether oxygens (including phenoxy) is 2. The number of hydrogen-bond acceptors (Lipinski definition) is 9. The molecule has 0 aliphatic carbocycles. The van der Waals surface area contributed by atoms with Gasteiger partial charge in [-0.2, -0.15) is 0 Å². The van der Waals surface area contributed by atoms with Crippen molar-refractivity contribution in [3.8, 4) is 17.3 Å². The Labute approximate surface area is 199 Å². The summed E-state index contributed by atoms with van der Waals surface area (Å²) in [7, 11) is 1.49. The molecule has 1 aromatic carbocycles.